The van der Waals surface area contributed by atoms with E-state index in [-0.39, 0.29) is 0 Å². The maximum Gasteiger partial charge on any atom is 0.0561 e. The van der Waals surface area contributed by atoms with Crippen LogP contribution in [-0.2, 0) is 0 Å². The molecule has 0 aliphatic heterocycles. The molecule has 54 valence electrons. The first-order valence-electron chi connectivity index (χ1n) is 3.45. The fourth-order valence-electron chi connectivity index (χ4n) is 0.654. The Morgan fingerprint density at radius 2 is 2.40 bits per heavy atom. The van der Waals surface area contributed by atoms with Gasteiger partial charge in [0.15, 0.2) is 0 Å². The second-order valence-corrected chi connectivity index (χ2v) is 2.50. The van der Waals surface area contributed by atoms with Gasteiger partial charge in [-0.3, -0.25) is 4.99 Å². The number of aromatic nitrogens is 1. The van der Waals surface area contributed by atoms with Gasteiger partial charge in [-0.15, -0.1) is 0 Å². The highest BCUT2D eigenvalue weighted by Crippen LogP contribution is 1.91. The van der Waals surface area contributed by atoms with Gasteiger partial charge in [0, 0.05) is 18.5 Å². The summed E-state index contributed by atoms with van der Waals surface area (Å²) in [5.74, 6) is 0. The summed E-state index contributed by atoms with van der Waals surface area (Å²) in [6, 6.07) is 4.33. The van der Waals surface area contributed by atoms with Crippen LogP contribution in [0.1, 0.15) is 19.5 Å². The number of nitrogens with zero attached hydrogens (tertiary/aromatic N) is 1. The molecule has 0 aliphatic rings. The van der Waals surface area contributed by atoms with Gasteiger partial charge in [-0.05, 0) is 26.0 Å². The number of H-pyrrole nitrogens is 1. The van der Waals surface area contributed by atoms with E-state index in [1.807, 2.05) is 24.5 Å². The average molecular weight is 136 g/mol. The number of aromatic amines is 1. The van der Waals surface area contributed by atoms with E-state index in [1.54, 1.807) is 0 Å². The number of hydrogen-bond acceptors (Lipinski definition) is 1. The van der Waals surface area contributed by atoms with Gasteiger partial charge in [-0.2, -0.15) is 0 Å². The van der Waals surface area contributed by atoms with Gasteiger partial charge in [0.25, 0.3) is 0 Å². The number of aliphatic imine (C=N–C) groups is 1. The summed E-state index contributed by atoms with van der Waals surface area (Å²) in [6.07, 6.45) is 3.74. The van der Waals surface area contributed by atoms with E-state index < -0.39 is 0 Å². The molecule has 0 aliphatic carbocycles. The Bertz CT molecular complexity index is 197. The third-order valence-electron chi connectivity index (χ3n) is 1.13. The Balaban J connectivity index is 2.55. The standard InChI is InChI=1S/C8H12N2/c1-7(2)10-6-8-4-3-5-9-8/h3-7,9H,1-2H3/b10-6+. The van der Waals surface area contributed by atoms with Crippen molar-refractivity contribution in [2.24, 2.45) is 4.99 Å². The van der Waals surface area contributed by atoms with E-state index >= 15 is 0 Å². The van der Waals surface area contributed by atoms with E-state index in [9.17, 15) is 0 Å². The maximum absolute atomic E-state index is 4.21. The Labute approximate surface area is 61.0 Å². The lowest BCUT2D eigenvalue weighted by Gasteiger charge is -1.91. The second-order valence-electron chi connectivity index (χ2n) is 2.50. The smallest absolute Gasteiger partial charge is 0.0561 e. The number of nitrogens with one attached hydrogen (secondary N) is 1. The van der Waals surface area contributed by atoms with Gasteiger partial charge >= 0.3 is 0 Å². The molecule has 0 bridgehead atoms. The highest BCUT2D eigenvalue weighted by atomic mass is 14.8. The van der Waals surface area contributed by atoms with Crippen molar-refractivity contribution < 1.29 is 0 Å². The van der Waals surface area contributed by atoms with Crippen LogP contribution in [0.3, 0.4) is 0 Å². The molecular weight excluding hydrogens is 124 g/mol. The monoisotopic (exact) mass is 136 g/mol. The van der Waals surface area contributed by atoms with E-state index in [0.29, 0.717) is 6.04 Å². The molecule has 1 rings (SSSR count). The van der Waals surface area contributed by atoms with Gasteiger partial charge < -0.3 is 4.98 Å². The molecule has 0 unspecified atom stereocenters. The van der Waals surface area contributed by atoms with Crippen LogP contribution < -0.4 is 0 Å². The first kappa shape index (κ1) is 7.06. The summed E-state index contributed by atoms with van der Waals surface area (Å²) in [7, 11) is 0. The highest BCUT2D eigenvalue weighted by molar-refractivity contribution is 5.76. The Kier molecular flexibility index (Phi) is 2.26. The molecular formula is C8H12N2. The molecule has 1 aromatic heterocycles. The summed E-state index contributed by atoms with van der Waals surface area (Å²) in [4.78, 5) is 7.25. The van der Waals surface area contributed by atoms with Crippen LogP contribution in [0.25, 0.3) is 0 Å². The third-order valence-corrected chi connectivity index (χ3v) is 1.13. The molecule has 1 N–H and O–H groups in total. The Hall–Kier alpha value is -1.05. The minimum atomic E-state index is 0.378. The zero-order chi connectivity index (χ0) is 7.40. The largest absolute Gasteiger partial charge is 0.360 e. The molecule has 0 atom stereocenters. The zero-order valence-corrected chi connectivity index (χ0v) is 6.33. The van der Waals surface area contributed by atoms with Crippen molar-refractivity contribution in [1.82, 2.24) is 4.98 Å². The van der Waals surface area contributed by atoms with Crippen LogP contribution >= 0.6 is 0 Å². The quantitative estimate of drug-likeness (QED) is 0.601. The number of hydrogen-bond donors (Lipinski definition) is 1. The lowest BCUT2D eigenvalue weighted by atomic mass is 10.4. The van der Waals surface area contributed by atoms with Crippen molar-refractivity contribution in [1.29, 1.82) is 0 Å². The predicted octanol–water partition coefficient (Wildman–Crippen LogP) is 1.84. The van der Waals surface area contributed by atoms with Gasteiger partial charge in [-0.25, -0.2) is 0 Å². The molecule has 1 aromatic rings. The molecule has 2 heteroatoms. The second kappa shape index (κ2) is 3.20. The molecule has 1 heterocycles. The van der Waals surface area contributed by atoms with E-state index in [1.165, 1.54) is 0 Å². The molecule has 0 saturated heterocycles. The minimum absolute atomic E-state index is 0.378. The number of rotatable bonds is 2. The Morgan fingerprint density at radius 3 is 2.90 bits per heavy atom. The van der Waals surface area contributed by atoms with Gasteiger partial charge in [-0.1, -0.05) is 0 Å². The van der Waals surface area contributed by atoms with Crippen LogP contribution in [0.15, 0.2) is 23.3 Å². The van der Waals surface area contributed by atoms with Crippen molar-refractivity contribution in [3.05, 3.63) is 24.0 Å². The lowest BCUT2D eigenvalue weighted by Crippen LogP contribution is -1.89. The average Bonchev–Trinajstić information content (AvgIpc) is 2.34. The van der Waals surface area contributed by atoms with Crippen molar-refractivity contribution in [3.63, 3.8) is 0 Å². The highest BCUT2D eigenvalue weighted by Gasteiger charge is 1.86. The fourth-order valence-corrected chi connectivity index (χ4v) is 0.654. The molecule has 0 saturated carbocycles. The van der Waals surface area contributed by atoms with Crippen LogP contribution in [-0.4, -0.2) is 17.2 Å². The van der Waals surface area contributed by atoms with Gasteiger partial charge in [0.2, 0.25) is 0 Å². The van der Waals surface area contributed by atoms with Crippen molar-refractivity contribution in [3.8, 4) is 0 Å². The van der Waals surface area contributed by atoms with Crippen molar-refractivity contribution in [2.45, 2.75) is 19.9 Å². The maximum atomic E-state index is 4.21. The molecule has 0 aromatic carbocycles. The normalized spacial score (nSPS) is 11.5. The van der Waals surface area contributed by atoms with Crippen LogP contribution in [0, 0.1) is 0 Å². The molecule has 0 amide bonds. The molecule has 2 nitrogen and oxygen atoms in total. The topological polar surface area (TPSA) is 28.1 Å². The summed E-state index contributed by atoms with van der Waals surface area (Å²) in [6.45, 7) is 4.11. The summed E-state index contributed by atoms with van der Waals surface area (Å²) in [5, 5.41) is 0. The zero-order valence-electron chi connectivity index (χ0n) is 6.33. The van der Waals surface area contributed by atoms with E-state index in [2.05, 4.69) is 23.8 Å². The first-order chi connectivity index (χ1) is 4.79. The van der Waals surface area contributed by atoms with Crippen LogP contribution in [0.2, 0.25) is 0 Å². The molecule has 0 spiro atoms. The minimum Gasteiger partial charge on any atom is -0.360 e. The van der Waals surface area contributed by atoms with Gasteiger partial charge in [0.05, 0.1) is 5.69 Å². The molecule has 0 fully saturated rings. The molecule has 10 heavy (non-hydrogen) atoms. The van der Waals surface area contributed by atoms with Crippen molar-refractivity contribution >= 4 is 6.21 Å². The third kappa shape index (κ3) is 2.05. The lowest BCUT2D eigenvalue weighted by molar-refractivity contribution is 0.840. The van der Waals surface area contributed by atoms with Crippen LogP contribution in [0.4, 0.5) is 0 Å². The summed E-state index contributed by atoms with van der Waals surface area (Å²) in [5.41, 5.74) is 1.06. The first-order valence-corrected chi connectivity index (χ1v) is 3.45. The molecule has 0 radical (unpaired) electrons. The fraction of sp³-hybridized carbons (Fsp3) is 0.375. The summed E-state index contributed by atoms with van der Waals surface area (Å²) < 4.78 is 0. The van der Waals surface area contributed by atoms with E-state index in [0.717, 1.165) is 5.69 Å². The predicted molar refractivity (Wildman–Crippen MR) is 43.5 cm³/mol. The summed E-state index contributed by atoms with van der Waals surface area (Å²) >= 11 is 0. The SMILES string of the molecule is CC(C)/N=C/c1ccc[nH]1. The van der Waals surface area contributed by atoms with Crippen LogP contribution in [0.5, 0.6) is 0 Å². The van der Waals surface area contributed by atoms with Gasteiger partial charge in [0.1, 0.15) is 0 Å². The van der Waals surface area contributed by atoms with E-state index in [4.69, 9.17) is 0 Å². The Morgan fingerprint density at radius 1 is 1.60 bits per heavy atom. The van der Waals surface area contributed by atoms with Crippen molar-refractivity contribution in [2.75, 3.05) is 0 Å².